The molecule has 70 valence electrons. The fourth-order valence-electron chi connectivity index (χ4n) is 0.724. The van der Waals surface area contributed by atoms with Crippen LogP contribution in [-0.4, -0.2) is 0 Å². The molecule has 0 heterocycles. The normalized spacial score (nSPS) is 8.91. The molecule has 0 aromatic heterocycles. The second kappa shape index (κ2) is 16.7. The van der Waals surface area contributed by atoms with E-state index in [4.69, 9.17) is 0 Å². The third-order valence-corrected chi connectivity index (χ3v) is 1.35. The zero-order valence-electron chi connectivity index (χ0n) is 7.51. The van der Waals surface area contributed by atoms with E-state index in [1.807, 2.05) is 0 Å². The highest BCUT2D eigenvalue weighted by Gasteiger charge is 1.76. The van der Waals surface area contributed by atoms with Crippen molar-refractivity contribution in [1.29, 1.82) is 0 Å². The lowest BCUT2D eigenvalue weighted by atomic mass is 10.2. The van der Waals surface area contributed by atoms with Crippen LogP contribution in [0.1, 0.15) is 46.0 Å². The Morgan fingerprint density at radius 1 is 0.818 bits per heavy atom. The second-order valence-corrected chi connectivity index (χ2v) is 2.40. The summed E-state index contributed by atoms with van der Waals surface area (Å²) in [5.74, 6) is 0. The highest BCUT2D eigenvalue weighted by molar-refractivity contribution is 5.85. The second-order valence-electron chi connectivity index (χ2n) is 2.40. The molecule has 2 heteroatoms. The largest absolute Gasteiger partial charge is 0.147 e. The van der Waals surface area contributed by atoms with Crippen molar-refractivity contribution in [3.05, 3.63) is 12.2 Å². The van der Waals surface area contributed by atoms with E-state index in [2.05, 4.69) is 26.0 Å². The van der Waals surface area contributed by atoms with Crippen LogP contribution in [0.25, 0.3) is 0 Å². The Bertz CT molecular complexity index is 70.0. The van der Waals surface area contributed by atoms with Gasteiger partial charge in [0.15, 0.2) is 0 Å². The third kappa shape index (κ3) is 17.9. The van der Waals surface area contributed by atoms with Crippen LogP contribution in [0.2, 0.25) is 0 Å². The summed E-state index contributed by atoms with van der Waals surface area (Å²) in [6, 6.07) is 0. The van der Waals surface area contributed by atoms with Gasteiger partial charge in [0, 0.05) is 0 Å². The Balaban J connectivity index is -0.000000320. The average molecular weight is 199 g/mol. The number of hydrogen-bond donors (Lipinski definition) is 0. The van der Waals surface area contributed by atoms with Gasteiger partial charge in [-0.25, -0.2) is 0 Å². The van der Waals surface area contributed by atoms with Crippen molar-refractivity contribution >= 4 is 24.8 Å². The van der Waals surface area contributed by atoms with E-state index in [9.17, 15) is 0 Å². The molecule has 0 aliphatic carbocycles. The van der Waals surface area contributed by atoms with Crippen molar-refractivity contribution in [2.45, 2.75) is 46.0 Å². The van der Waals surface area contributed by atoms with E-state index < -0.39 is 0 Å². The number of rotatable bonds is 5. The maximum absolute atomic E-state index is 2.30. The lowest BCUT2D eigenvalue weighted by Gasteiger charge is -1.87. The molecule has 0 unspecified atom stereocenters. The zero-order valence-corrected chi connectivity index (χ0v) is 9.14. The molecule has 0 amide bonds. The van der Waals surface area contributed by atoms with Gasteiger partial charge in [0.25, 0.3) is 0 Å². The van der Waals surface area contributed by atoms with Crippen LogP contribution in [0, 0.1) is 0 Å². The van der Waals surface area contributed by atoms with E-state index >= 15 is 0 Å². The highest BCUT2D eigenvalue weighted by atomic mass is 35.5. The zero-order chi connectivity index (χ0) is 6.95. The molecule has 11 heavy (non-hydrogen) atoms. The quantitative estimate of drug-likeness (QED) is 0.455. The molecule has 0 aliphatic rings. The molecule has 0 aromatic rings. The maximum atomic E-state index is 2.30. The summed E-state index contributed by atoms with van der Waals surface area (Å²) in [5, 5.41) is 0. The van der Waals surface area contributed by atoms with Crippen LogP contribution in [0.4, 0.5) is 0 Å². The third-order valence-electron chi connectivity index (χ3n) is 1.35. The Hall–Kier alpha value is 0.320. The first-order chi connectivity index (χ1) is 4.41. The topological polar surface area (TPSA) is 0 Å². The van der Waals surface area contributed by atoms with Crippen molar-refractivity contribution < 1.29 is 0 Å². The predicted octanol–water partition coefficient (Wildman–Crippen LogP) is 4.38. The first kappa shape index (κ1) is 17.4. The van der Waals surface area contributed by atoms with Crippen molar-refractivity contribution in [3.8, 4) is 0 Å². The van der Waals surface area contributed by atoms with Crippen molar-refractivity contribution in [3.63, 3.8) is 0 Å². The fourth-order valence-corrected chi connectivity index (χ4v) is 0.724. The Morgan fingerprint density at radius 3 is 1.82 bits per heavy atom. The van der Waals surface area contributed by atoms with Crippen molar-refractivity contribution in [2.24, 2.45) is 0 Å². The molecule has 0 fully saturated rings. The standard InChI is InChI=1S/C9H18.2ClH/c1-3-5-7-9-8-6-4-2;;/h7,9H,3-6,8H2,1-2H3;2*1H. The van der Waals surface area contributed by atoms with Crippen LogP contribution in [-0.2, 0) is 0 Å². The predicted molar refractivity (Wildman–Crippen MR) is 58.1 cm³/mol. The smallest absolute Gasteiger partial charge is 0.0351 e. The van der Waals surface area contributed by atoms with Crippen LogP contribution in [0.3, 0.4) is 0 Å². The number of unbranched alkanes of at least 4 members (excludes halogenated alkanes) is 3. The summed E-state index contributed by atoms with van der Waals surface area (Å²) < 4.78 is 0. The van der Waals surface area contributed by atoms with Gasteiger partial charge in [-0.3, -0.25) is 0 Å². The Labute approximate surface area is 83.3 Å². The number of hydrogen-bond acceptors (Lipinski definition) is 0. The average Bonchev–Trinajstić information content (AvgIpc) is 1.89. The monoisotopic (exact) mass is 198 g/mol. The number of allylic oxidation sites excluding steroid dienone is 2. The molecule has 0 spiro atoms. The first-order valence-corrected chi connectivity index (χ1v) is 4.06. The minimum atomic E-state index is 0. The lowest BCUT2D eigenvalue weighted by molar-refractivity contribution is 0.810. The molecule has 0 aliphatic heterocycles. The maximum Gasteiger partial charge on any atom is -0.0351 e. The van der Waals surface area contributed by atoms with Gasteiger partial charge < -0.3 is 0 Å². The Morgan fingerprint density at radius 2 is 1.36 bits per heavy atom. The van der Waals surface area contributed by atoms with Crippen LogP contribution in [0.15, 0.2) is 12.2 Å². The summed E-state index contributed by atoms with van der Waals surface area (Å²) in [5.41, 5.74) is 0. The van der Waals surface area contributed by atoms with Crippen molar-refractivity contribution in [1.82, 2.24) is 0 Å². The minimum Gasteiger partial charge on any atom is -0.147 e. The molecule has 0 atom stereocenters. The van der Waals surface area contributed by atoms with E-state index in [0.29, 0.717) is 0 Å². The van der Waals surface area contributed by atoms with Crippen molar-refractivity contribution in [2.75, 3.05) is 0 Å². The van der Waals surface area contributed by atoms with Crippen LogP contribution in [0.5, 0.6) is 0 Å². The fraction of sp³-hybridized carbons (Fsp3) is 0.778. The van der Waals surface area contributed by atoms with E-state index in [0.717, 1.165) is 0 Å². The summed E-state index contributed by atoms with van der Waals surface area (Å²) in [7, 11) is 0. The SMILES string of the molecule is CCCC=CCCCC.Cl.Cl. The molecule has 0 bridgehead atoms. The summed E-state index contributed by atoms with van der Waals surface area (Å²) in [4.78, 5) is 0. The van der Waals surface area contributed by atoms with Gasteiger partial charge in [0.1, 0.15) is 0 Å². The summed E-state index contributed by atoms with van der Waals surface area (Å²) in [6.07, 6.45) is 11.1. The first-order valence-electron chi connectivity index (χ1n) is 4.06. The Kier molecular flexibility index (Phi) is 26.5. The van der Waals surface area contributed by atoms with E-state index in [1.54, 1.807) is 0 Å². The molecule has 0 saturated heterocycles. The van der Waals surface area contributed by atoms with Gasteiger partial charge in [0.2, 0.25) is 0 Å². The van der Waals surface area contributed by atoms with Gasteiger partial charge in [-0.2, -0.15) is 0 Å². The van der Waals surface area contributed by atoms with Gasteiger partial charge in [-0.1, -0.05) is 45.3 Å². The molecular weight excluding hydrogens is 179 g/mol. The van der Waals surface area contributed by atoms with Crippen LogP contribution < -0.4 is 0 Å². The van der Waals surface area contributed by atoms with Gasteiger partial charge in [-0.15, -0.1) is 24.8 Å². The van der Waals surface area contributed by atoms with E-state index in [1.165, 1.54) is 32.1 Å². The molecule has 0 saturated carbocycles. The summed E-state index contributed by atoms with van der Waals surface area (Å²) >= 11 is 0. The number of halogens is 2. The van der Waals surface area contributed by atoms with Gasteiger partial charge in [0.05, 0.1) is 0 Å². The van der Waals surface area contributed by atoms with E-state index in [-0.39, 0.29) is 24.8 Å². The molecule has 0 nitrogen and oxygen atoms in total. The molecule has 0 radical (unpaired) electrons. The molecular formula is C9H20Cl2. The lowest BCUT2D eigenvalue weighted by Crippen LogP contribution is -1.66. The summed E-state index contributed by atoms with van der Waals surface area (Å²) in [6.45, 7) is 4.44. The minimum absolute atomic E-state index is 0. The molecule has 0 N–H and O–H groups in total. The van der Waals surface area contributed by atoms with Gasteiger partial charge in [-0.05, 0) is 12.8 Å². The van der Waals surface area contributed by atoms with Gasteiger partial charge >= 0.3 is 0 Å². The van der Waals surface area contributed by atoms with Crippen LogP contribution >= 0.6 is 24.8 Å². The molecule has 0 aromatic carbocycles. The molecule has 0 rings (SSSR count). The highest BCUT2D eigenvalue weighted by Crippen LogP contribution is 1.96.